The van der Waals surface area contributed by atoms with Crippen molar-refractivity contribution in [2.24, 2.45) is 5.73 Å². The predicted octanol–water partition coefficient (Wildman–Crippen LogP) is 1.76. The third kappa shape index (κ3) is 4.13. The van der Waals surface area contributed by atoms with E-state index in [1.165, 1.54) is 0 Å². The minimum absolute atomic E-state index is 0.194. The number of nitrogens with one attached hydrogen (secondary N) is 1. The van der Waals surface area contributed by atoms with Crippen molar-refractivity contribution in [3.8, 4) is 11.5 Å². The second kappa shape index (κ2) is 7.14. The van der Waals surface area contributed by atoms with E-state index >= 15 is 0 Å². The number of benzene rings is 1. The molecule has 0 bridgehead atoms. The van der Waals surface area contributed by atoms with Gasteiger partial charge in [-0.3, -0.25) is 4.79 Å². The van der Waals surface area contributed by atoms with Crippen molar-refractivity contribution in [3.63, 3.8) is 0 Å². The predicted molar refractivity (Wildman–Crippen MR) is 76.9 cm³/mol. The number of hydrogen-bond acceptors (Lipinski definition) is 4. The molecule has 1 aromatic carbocycles. The molecule has 0 aliphatic carbocycles. The Morgan fingerprint density at radius 2 is 2.10 bits per heavy atom. The number of rotatable bonds is 6. The molecular weight excluding hydrogens is 256 g/mol. The topological polar surface area (TPSA) is 73.6 Å². The van der Waals surface area contributed by atoms with Crippen molar-refractivity contribution in [1.82, 2.24) is 5.32 Å². The van der Waals surface area contributed by atoms with Crippen molar-refractivity contribution >= 4 is 5.91 Å². The van der Waals surface area contributed by atoms with E-state index in [0.29, 0.717) is 19.6 Å². The number of carbonyl (C=O) groups excluding carboxylic acids is 1. The lowest BCUT2D eigenvalue weighted by molar-refractivity contribution is -0.118. The summed E-state index contributed by atoms with van der Waals surface area (Å²) in [7, 11) is 0. The molecule has 0 fully saturated rings. The summed E-state index contributed by atoms with van der Waals surface area (Å²) in [5, 5.41) is 3.37. The fraction of sp³-hybridized carbons (Fsp3) is 0.533. The van der Waals surface area contributed by atoms with E-state index < -0.39 is 0 Å². The van der Waals surface area contributed by atoms with Gasteiger partial charge in [0.05, 0.1) is 13.2 Å². The third-order valence-electron chi connectivity index (χ3n) is 3.32. The molecule has 1 atom stereocenters. The molecule has 2 rings (SSSR count). The summed E-state index contributed by atoms with van der Waals surface area (Å²) in [5.41, 5.74) is 6.26. The minimum Gasteiger partial charge on any atom is -0.490 e. The van der Waals surface area contributed by atoms with Crippen molar-refractivity contribution in [2.75, 3.05) is 19.8 Å². The molecule has 5 heteroatoms. The largest absolute Gasteiger partial charge is 0.490 e. The van der Waals surface area contributed by atoms with Crippen LogP contribution in [0.1, 0.15) is 37.8 Å². The average molecular weight is 278 g/mol. The zero-order valence-corrected chi connectivity index (χ0v) is 11.9. The standard InChI is InChI=1S/C15H22N2O3/c1-11(17-7-2-4-15(16)18)12-5-6-13-14(10-12)20-9-3-8-19-13/h5-6,10-11,17H,2-4,7-9H2,1H3,(H2,16,18). The van der Waals surface area contributed by atoms with Crippen LogP contribution in [0, 0.1) is 0 Å². The first-order valence-corrected chi connectivity index (χ1v) is 7.08. The van der Waals surface area contributed by atoms with E-state index in [2.05, 4.69) is 12.2 Å². The van der Waals surface area contributed by atoms with Crippen LogP contribution < -0.4 is 20.5 Å². The van der Waals surface area contributed by atoms with Gasteiger partial charge in [-0.05, 0) is 37.6 Å². The lowest BCUT2D eigenvalue weighted by Gasteiger charge is -2.16. The second-order valence-corrected chi connectivity index (χ2v) is 5.00. The summed E-state index contributed by atoms with van der Waals surface area (Å²) in [6, 6.07) is 6.21. The Balaban J connectivity index is 1.91. The maximum Gasteiger partial charge on any atom is 0.217 e. The molecule has 5 nitrogen and oxygen atoms in total. The smallest absolute Gasteiger partial charge is 0.217 e. The highest BCUT2D eigenvalue weighted by Gasteiger charge is 2.13. The van der Waals surface area contributed by atoms with E-state index in [-0.39, 0.29) is 11.9 Å². The Labute approximate surface area is 119 Å². The number of amides is 1. The highest BCUT2D eigenvalue weighted by molar-refractivity contribution is 5.73. The maximum atomic E-state index is 10.7. The fourth-order valence-electron chi connectivity index (χ4n) is 2.15. The molecular formula is C15H22N2O3. The monoisotopic (exact) mass is 278 g/mol. The maximum absolute atomic E-state index is 10.7. The molecule has 0 saturated heterocycles. The molecule has 0 spiro atoms. The van der Waals surface area contributed by atoms with Gasteiger partial charge < -0.3 is 20.5 Å². The van der Waals surface area contributed by atoms with Crippen LogP contribution >= 0.6 is 0 Å². The first-order chi connectivity index (χ1) is 9.66. The molecule has 1 aromatic rings. The molecule has 110 valence electrons. The average Bonchev–Trinajstić information content (AvgIpc) is 2.67. The van der Waals surface area contributed by atoms with Crippen molar-refractivity contribution in [3.05, 3.63) is 23.8 Å². The summed E-state index contributed by atoms with van der Waals surface area (Å²) in [6.07, 6.45) is 2.08. The lowest BCUT2D eigenvalue weighted by Crippen LogP contribution is -2.21. The SMILES string of the molecule is CC(NCCCC(N)=O)c1ccc2c(c1)OCCCO2. The Morgan fingerprint density at radius 3 is 2.85 bits per heavy atom. The van der Waals surface area contributed by atoms with Gasteiger partial charge in [-0.1, -0.05) is 6.07 Å². The van der Waals surface area contributed by atoms with Crippen LogP contribution in [0.2, 0.25) is 0 Å². The number of nitrogens with two attached hydrogens (primary N) is 1. The highest BCUT2D eigenvalue weighted by atomic mass is 16.5. The zero-order chi connectivity index (χ0) is 14.4. The lowest BCUT2D eigenvalue weighted by atomic mass is 10.1. The van der Waals surface area contributed by atoms with Gasteiger partial charge in [0.15, 0.2) is 11.5 Å². The van der Waals surface area contributed by atoms with Crippen LogP contribution in [-0.2, 0) is 4.79 Å². The van der Waals surface area contributed by atoms with Crippen LogP contribution in [0.3, 0.4) is 0 Å². The number of fused-ring (bicyclic) bond motifs is 1. The number of primary amides is 1. The van der Waals surface area contributed by atoms with Gasteiger partial charge in [0.25, 0.3) is 0 Å². The van der Waals surface area contributed by atoms with Crippen LogP contribution in [0.4, 0.5) is 0 Å². The summed E-state index contributed by atoms with van der Waals surface area (Å²) < 4.78 is 11.3. The van der Waals surface area contributed by atoms with Crippen molar-refractivity contribution < 1.29 is 14.3 Å². The summed E-state index contributed by atoms with van der Waals surface area (Å²) in [4.78, 5) is 10.7. The van der Waals surface area contributed by atoms with Crippen molar-refractivity contribution in [1.29, 1.82) is 0 Å². The Morgan fingerprint density at radius 1 is 1.35 bits per heavy atom. The molecule has 1 heterocycles. The molecule has 3 N–H and O–H groups in total. The van der Waals surface area contributed by atoms with Gasteiger partial charge >= 0.3 is 0 Å². The number of ether oxygens (including phenoxy) is 2. The Hall–Kier alpha value is -1.75. The van der Waals surface area contributed by atoms with Crippen LogP contribution in [0.15, 0.2) is 18.2 Å². The van der Waals surface area contributed by atoms with Crippen molar-refractivity contribution in [2.45, 2.75) is 32.2 Å². The highest BCUT2D eigenvalue weighted by Crippen LogP contribution is 2.32. The second-order valence-electron chi connectivity index (χ2n) is 5.00. The van der Waals surface area contributed by atoms with E-state index in [4.69, 9.17) is 15.2 Å². The number of carbonyl (C=O) groups is 1. The molecule has 1 aliphatic rings. The molecule has 0 saturated carbocycles. The fourth-order valence-corrected chi connectivity index (χ4v) is 2.15. The quantitative estimate of drug-likeness (QED) is 0.778. The van der Waals surface area contributed by atoms with E-state index in [1.54, 1.807) is 0 Å². The first kappa shape index (κ1) is 14.7. The summed E-state index contributed by atoms with van der Waals surface area (Å²) in [5.74, 6) is 1.37. The normalized spacial score (nSPS) is 15.4. The Bertz CT molecular complexity index is 462. The van der Waals surface area contributed by atoms with Gasteiger partial charge in [0.2, 0.25) is 5.91 Å². The molecule has 20 heavy (non-hydrogen) atoms. The van der Waals surface area contributed by atoms with Gasteiger partial charge in [-0.2, -0.15) is 0 Å². The summed E-state index contributed by atoms with van der Waals surface area (Å²) in [6.45, 7) is 4.24. The first-order valence-electron chi connectivity index (χ1n) is 7.08. The van der Waals surface area contributed by atoms with E-state index in [0.717, 1.165) is 36.4 Å². The van der Waals surface area contributed by atoms with Gasteiger partial charge in [-0.25, -0.2) is 0 Å². The van der Waals surface area contributed by atoms with Crippen LogP contribution in [0.5, 0.6) is 11.5 Å². The molecule has 1 aliphatic heterocycles. The molecule has 0 radical (unpaired) electrons. The number of hydrogen-bond donors (Lipinski definition) is 2. The van der Waals surface area contributed by atoms with Crippen LogP contribution in [0.25, 0.3) is 0 Å². The molecule has 1 unspecified atom stereocenters. The van der Waals surface area contributed by atoms with Gasteiger partial charge in [0, 0.05) is 18.9 Å². The Kier molecular flexibility index (Phi) is 5.24. The van der Waals surface area contributed by atoms with Gasteiger partial charge in [0.1, 0.15) is 0 Å². The van der Waals surface area contributed by atoms with Gasteiger partial charge in [-0.15, -0.1) is 0 Å². The van der Waals surface area contributed by atoms with E-state index in [9.17, 15) is 4.79 Å². The molecule has 0 aromatic heterocycles. The van der Waals surface area contributed by atoms with E-state index in [1.807, 2.05) is 18.2 Å². The molecule has 1 amide bonds. The minimum atomic E-state index is -0.255. The van der Waals surface area contributed by atoms with Crippen LogP contribution in [-0.4, -0.2) is 25.7 Å². The summed E-state index contributed by atoms with van der Waals surface area (Å²) >= 11 is 0. The zero-order valence-electron chi connectivity index (χ0n) is 11.9. The third-order valence-corrected chi connectivity index (χ3v) is 3.32.